The minimum atomic E-state index is -1.17. The molecular formula is C20H19FN2O3S. The number of carbonyl (C=O) groups excluding carboxylic acids is 1. The molecule has 4 rings (SSSR count). The lowest BCUT2D eigenvalue weighted by Gasteiger charge is -2.55. The van der Waals surface area contributed by atoms with Gasteiger partial charge in [0.25, 0.3) is 0 Å². The molecule has 2 heterocycles. The Labute approximate surface area is 162 Å². The molecule has 140 valence electrons. The van der Waals surface area contributed by atoms with Gasteiger partial charge in [0.2, 0.25) is 5.72 Å². The molecule has 0 unspecified atom stereocenters. The Morgan fingerprint density at radius 1 is 1.33 bits per heavy atom. The Hall–Kier alpha value is -2.67. The first-order valence-corrected chi connectivity index (χ1v) is 9.17. The number of hydrogen-bond acceptors (Lipinski definition) is 4. The van der Waals surface area contributed by atoms with Gasteiger partial charge >= 0.3 is 5.97 Å². The van der Waals surface area contributed by atoms with E-state index in [2.05, 4.69) is 5.32 Å². The molecule has 5 nitrogen and oxygen atoms in total. The highest BCUT2D eigenvalue weighted by atomic mass is 32.1. The summed E-state index contributed by atoms with van der Waals surface area (Å²) in [5.74, 6) is -0.829. The molecule has 3 atom stereocenters. The second-order valence-electron chi connectivity index (χ2n) is 6.67. The van der Waals surface area contributed by atoms with Crippen LogP contribution in [0.1, 0.15) is 25.5 Å². The SMILES string of the molecule is CCOC(=O)[C@H]1[C@H]2NC(=S)N(c3cccc(F)c3)[C@@]1(C)Oc1ccccc12. The number of hydrogen-bond donors (Lipinski definition) is 1. The Morgan fingerprint density at radius 2 is 2.11 bits per heavy atom. The molecule has 1 N–H and O–H groups in total. The highest BCUT2D eigenvalue weighted by Crippen LogP contribution is 2.49. The molecule has 27 heavy (non-hydrogen) atoms. The van der Waals surface area contributed by atoms with Crippen LogP contribution in [0.2, 0.25) is 0 Å². The van der Waals surface area contributed by atoms with Crippen LogP contribution in [0.15, 0.2) is 48.5 Å². The van der Waals surface area contributed by atoms with Crippen LogP contribution in [0.4, 0.5) is 10.1 Å². The van der Waals surface area contributed by atoms with Crippen LogP contribution in [-0.4, -0.2) is 23.4 Å². The summed E-state index contributed by atoms with van der Waals surface area (Å²) in [5, 5.41) is 3.60. The second kappa shape index (κ2) is 6.49. The highest BCUT2D eigenvalue weighted by molar-refractivity contribution is 7.80. The molecule has 7 heteroatoms. The minimum absolute atomic E-state index is 0.254. The Morgan fingerprint density at radius 3 is 2.85 bits per heavy atom. The maximum Gasteiger partial charge on any atom is 0.317 e. The van der Waals surface area contributed by atoms with E-state index in [0.717, 1.165) is 5.56 Å². The van der Waals surface area contributed by atoms with Crippen LogP contribution in [0.3, 0.4) is 0 Å². The van der Waals surface area contributed by atoms with Crippen molar-refractivity contribution < 1.29 is 18.7 Å². The third-order valence-corrected chi connectivity index (χ3v) is 5.31. The van der Waals surface area contributed by atoms with Crippen molar-refractivity contribution >= 4 is 29.0 Å². The lowest BCUT2D eigenvalue weighted by atomic mass is 9.79. The van der Waals surface area contributed by atoms with Crippen molar-refractivity contribution in [3.8, 4) is 5.75 Å². The van der Waals surface area contributed by atoms with E-state index in [0.29, 0.717) is 16.5 Å². The van der Waals surface area contributed by atoms with Gasteiger partial charge in [-0.15, -0.1) is 0 Å². The van der Waals surface area contributed by atoms with Gasteiger partial charge in [-0.05, 0) is 50.3 Å². The molecule has 0 aliphatic carbocycles. The number of rotatable bonds is 3. The van der Waals surface area contributed by atoms with Crippen LogP contribution in [-0.2, 0) is 9.53 Å². The summed E-state index contributed by atoms with van der Waals surface area (Å²) in [4.78, 5) is 14.5. The Balaban J connectivity index is 1.89. The second-order valence-corrected chi connectivity index (χ2v) is 7.05. The predicted molar refractivity (Wildman–Crippen MR) is 103 cm³/mol. The normalized spacial score (nSPS) is 25.9. The predicted octanol–water partition coefficient (Wildman–Crippen LogP) is 3.55. The molecule has 0 radical (unpaired) electrons. The zero-order valence-corrected chi connectivity index (χ0v) is 15.8. The number of fused-ring (bicyclic) bond motifs is 4. The molecule has 0 spiro atoms. The number of nitrogens with zero attached hydrogens (tertiary/aromatic N) is 1. The van der Waals surface area contributed by atoms with E-state index in [1.54, 1.807) is 30.9 Å². The number of esters is 1. The van der Waals surface area contributed by atoms with Gasteiger partial charge < -0.3 is 14.8 Å². The summed E-state index contributed by atoms with van der Waals surface area (Å²) in [6.07, 6.45) is 0. The lowest BCUT2D eigenvalue weighted by Crippen LogP contribution is -2.71. The fourth-order valence-electron chi connectivity index (χ4n) is 3.93. The van der Waals surface area contributed by atoms with Crippen molar-refractivity contribution in [3.63, 3.8) is 0 Å². The van der Waals surface area contributed by atoms with Crippen molar-refractivity contribution in [2.45, 2.75) is 25.6 Å². The molecule has 1 fully saturated rings. The zero-order chi connectivity index (χ0) is 19.2. The van der Waals surface area contributed by atoms with Gasteiger partial charge in [-0.1, -0.05) is 24.3 Å². The first-order valence-electron chi connectivity index (χ1n) is 8.76. The topological polar surface area (TPSA) is 50.8 Å². The zero-order valence-electron chi connectivity index (χ0n) is 14.9. The molecule has 2 bridgehead atoms. The Kier molecular flexibility index (Phi) is 4.26. The smallest absolute Gasteiger partial charge is 0.317 e. The van der Waals surface area contributed by atoms with Crippen LogP contribution in [0.5, 0.6) is 5.75 Å². The molecule has 2 aromatic rings. The van der Waals surface area contributed by atoms with Gasteiger partial charge in [0.05, 0.1) is 12.6 Å². The first-order chi connectivity index (χ1) is 13.0. The monoisotopic (exact) mass is 386 g/mol. The fraction of sp³-hybridized carbons (Fsp3) is 0.300. The number of ether oxygens (including phenoxy) is 2. The quantitative estimate of drug-likeness (QED) is 0.643. The van der Waals surface area contributed by atoms with Crippen LogP contribution in [0, 0.1) is 11.7 Å². The van der Waals surface area contributed by atoms with Crippen molar-refractivity contribution in [2.24, 2.45) is 5.92 Å². The molecule has 0 aromatic heterocycles. The lowest BCUT2D eigenvalue weighted by molar-refractivity contribution is -0.159. The van der Waals surface area contributed by atoms with Crippen molar-refractivity contribution in [3.05, 3.63) is 59.9 Å². The number of nitrogens with one attached hydrogen (secondary N) is 1. The number of benzene rings is 2. The van der Waals surface area contributed by atoms with Gasteiger partial charge in [0.1, 0.15) is 17.5 Å². The van der Waals surface area contributed by atoms with E-state index in [4.69, 9.17) is 21.7 Å². The van der Waals surface area contributed by atoms with E-state index < -0.39 is 29.5 Å². The number of anilines is 1. The molecule has 0 saturated carbocycles. The fourth-order valence-corrected chi connectivity index (χ4v) is 4.34. The maximum absolute atomic E-state index is 13.9. The van der Waals surface area contributed by atoms with E-state index in [1.807, 2.05) is 24.3 Å². The van der Waals surface area contributed by atoms with Crippen LogP contribution < -0.4 is 15.0 Å². The van der Waals surface area contributed by atoms with Crippen molar-refractivity contribution in [1.29, 1.82) is 0 Å². The summed E-state index contributed by atoms with van der Waals surface area (Å²) in [7, 11) is 0. The van der Waals surface area contributed by atoms with E-state index in [9.17, 15) is 9.18 Å². The largest absolute Gasteiger partial charge is 0.466 e. The molecule has 2 aromatic carbocycles. The van der Waals surface area contributed by atoms with Crippen molar-refractivity contribution in [1.82, 2.24) is 5.32 Å². The third-order valence-electron chi connectivity index (χ3n) is 5.01. The number of carbonyl (C=O) groups is 1. The molecular weight excluding hydrogens is 367 g/mol. The third kappa shape index (κ3) is 2.73. The van der Waals surface area contributed by atoms with Gasteiger partial charge in [-0.2, -0.15) is 0 Å². The minimum Gasteiger partial charge on any atom is -0.466 e. The molecule has 2 aliphatic rings. The van der Waals surface area contributed by atoms with Gasteiger partial charge in [-0.3, -0.25) is 9.69 Å². The van der Waals surface area contributed by atoms with E-state index >= 15 is 0 Å². The van der Waals surface area contributed by atoms with Crippen molar-refractivity contribution in [2.75, 3.05) is 11.5 Å². The van der Waals surface area contributed by atoms with Crippen LogP contribution >= 0.6 is 12.2 Å². The number of thiocarbonyl (C=S) groups is 1. The number of para-hydroxylation sites is 1. The maximum atomic E-state index is 13.9. The summed E-state index contributed by atoms with van der Waals surface area (Å²) < 4.78 is 25.5. The average molecular weight is 386 g/mol. The van der Waals surface area contributed by atoms with E-state index in [-0.39, 0.29) is 6.61 Å². The van der Waals surface area contributed by atoms with Gasteiger partial charge in [-0.25, -0.2) is 4.39 Å². The molecule has 2 aliphatic heterocycles. The van der Waals surface area contributed by atoms with Crippen LogP contribution in [0.25, 0.3) is 0 Å². The molecule has 1 saturated heterocycles. The molecule has 0 amide bonds. The number of halogens is 1. The highest BCUT2D eigenvalue weighted by Gasteiger charge is 2.59. The van der Waals surface area contributed by atoms with E-state index in [1.165, 1.54) is 12.1 Å². The van der Waals surface area contributed by atoms with Gasteiger partial charge in [0, 0.05) is 11.3 Å². The van der Waals surface area contributed by atoms with Gasteiger partial charge in [0.15, 0.2) is 5.11 Å². The summed E-state index contributed by atoms with van der Waals surface area (Å²) in [6, 6.07) is 13.2. The standard InChI is InChI=1S/C20H19FN2O3S/c1-3-25-18(24)16-17-14-9-4-5-10-15(14)26-20(16,2)23(19(27)22-17)13-8-6-7-12(21)11-13/h4-11,16-17H,3H2,1-2H3,(H,22,27)/t16-,17+,20+/m1/s1. The summed E-state index contributed by atoms with van der Waals surface area (Å²) >= 11 is 5.57. The average Bonchev–Trinajstić information content (AvgIpc) is 2.61. The summed E-state index contributed by atoms with van der Waals surface area (Å²) in [5.41, 5.74) is 0.179. The first kappa shape index (κ1) is 17.7. The summed E-state index contributed by atoms with van der Waals surface area (Å²) in [6.45, 7) is 3.80. The Bertz CT molecular complexity index is 922.